The lowest BCUT2D eigenvalue weighted by atomic mass is 10.2. The fraction of sp³-hybridized carbons (Fsp3) is 0.118. The van der Waals surface area contributed by atoms with Gasteiger partial charge >= 0.3 is 0 Å². The average Bonchev–Trinajstić information content (AvgIpc) is 2.94. The number of anilines is 1. The first-order valence-corrected chi connectivity index (χ1v) is 9.15. The highest BCUT2D eigenvalue weighted by molar-refractivity contribution is 7.92. The van der Waals surface area contributed by atoms with Crippen LogP contribution in [0.3, 0.4) is 0 Å². The summed E-state index contributed by atoms with van der Waals surface area (Å²) in [5.41, 5.74) is 2.37. The fourth-order valence-electron chi connectivity index (χ4n) is 2.31. The van der Waals surface area contributed by atoms with E-state index in [9.17, 15) is 8.42 Å². The van der Waals surface area contributed by atoms with Gasteiger partial charge in [-0.05, 0) is 30.2 Å². The van der Waals surface area contributed by atoms with Crippen LogP contribution in [-0.4, -0.2) is 18.2 Å². The Labute approximate surface area is 145 Å². The minimum atomic E-state index is -3.76. The third-order valence-electron chi connectivity index (χ3n) is 3.45. The van der Waals surface area contributed by atoms with Crippen LogP contribution in [0.5, 0.6) is 0 Å². The maximum Gasteiger partial charge on any atom is 0.263 e. The standard InChI is InChI=1S/C17H16ClN3O2S/c1-13-7-8-17(16(18)9-13)24(22,23)20-15-10-19-21(12-15)11-14-5-3-2-4-6-14/h2-10,12,20H,11H2,1H3. The summed E-state index contributed by atoms with van der Waals surface area (Å²) < 4.78 is 29.1. The molecule has 3 aromatic rings. The molecule has 2 aromatic carbocycles. The molecule has 0 saturated carbocycles. The van der Waals surface area contributed by atoms with Crippen LogP contribution in [0, 0.1) is 6.92 Å². The Morgan fingerprint density at radius 3 is 2.62 bits per heavy atom. The van der Waals surface area contributed by atoms with E-state index in [2.05, 4.69) is 9.82 Å². The molecular formula is C17H16ClN3O2S. The van der Waals surface area contributed by atoms with E-state index in [1.807, 2.05) is 37.3 Å². The number of aryl methyl sites for hydroxylation is 1. The smallest absolute Gasteiger partial charge is 0.263 e. The average molecular weight is 362 g/mol. The topological polar surface area (TPSA) is 64.0 Å². The van der Waals surface area contributed by atoms with Crippen molar-refractivity contribution >= 4 is 27.3 Å². The van der Waals surface area contributed by atoms with Crippen molar-refractivity contribution in [3.05, 3.63) is 77.1 Å². The molecule has 0 aliphatic rings. The molecule has 1 heterocycles. The summed E-state index contributed by atoms with van der Waals surface area (Å²) >= 11 is 6.05. The van der Waals surface area contributed by atoms with Crippen molar-refractivity contribution < 1.29 is 8.42 Å². The van der Waals surface area contributed by atoms with Crippen molar-refractivity contribution in [2.75, 3.05) is 4.72 Å². The van der Waals surface area contributed by atoms with Gasteiger partial charge in [0.25, 0.3) is 10.0 Å². The van der Waals surface area contributed by atoms with Crippen LogP contribution in [0.25, 0.3) is 0 Å². The second-order valence-electron chi connectivity index (χ2n) is 5.45. The van der Waals surface area contributed by atoms with Gasteiger partial charge in [0.15, 0.2) is 0 Å². The third kappa shape index (κ3) is 3.77. The Bertz CT molecular complexity index is 953. The molecular weight excluding hydrogens is 346 g/mol. The van der Waals surface area contributed by atoms with Crippen LogP contribution in [0.2, 0.25) is 5.02 Å². The van der Waals surface area contributed by atoms with Crippen molar-refractivity contribution in [2.24, 2.45) is 0 Å². The highest BCUT2D eigenvalue weighted by Gasteiger charge is 2.18. The summed E-state index contributed by atoms with van der Waals surface area (Å²) in [5.74, 6) is 0. The minimum absolute atomic E-state index is 0.0468. The number of nitrogens with one attached hydrogen (secondary N) is 1. The van der Waals surface area contributed by atoms with E-state index in [-0.39, 0.29) is 9.92 Å². The van der Waals surface area contributed by atoms with Crippen LogP contribution in [0.1, 0.15) is 11.1 Å². The molecule has 3 rings (SSSR count). The van der Waals surface area contributed by atoms with E-state index in [4.69, 9.17) is 11.6 Å². The summed E-state index contributed by atoms with van der Waals surface area (Å²) in [6, 6.07) is 14.6. The van der Waals surface area contributed by atoms with E-state index >= 15 is 0 Å². The van der Waals surface area contributed by atoms with Gasteiger partial charge in [0.1, 0.15) is 4.90 Å². The predicted octanol–water partition coefficient (Wildman–Crippen LogP) is 3.69. The van der Waals surface area contributed by atoms with Crippen molar-refractivity contribution in [3.8, 4) is 0 Å². The lowest BCUT2D eigenvalue weighted by Crippen LogP contribution is -2.13. The van der Waals surface area contributed by atoms with Gasteiger partial charge in [-0.25, -0.2) is 8.42 Å². The maximum atomic E-state index is 12.5. The normalized spacial score (nSPS) is 11.4. The molecule has 0 atom stereocenters. The molecule has 0 saturated heterocycles. The SMILES string of the molecule is Cc1ccc(S(=O)(=O)Nc2cnn(Cc3ccccc3)c2)c(Cl)c1. The van der Waals surface area contributed by atoms with Gasteiger partial charge < -0.3 is 0 Å². The second-order valence-corrected chi connectivity index (χ2v) is 7.51. The predicted molar refractivity (Wildman–Crippen MR) is 94.8 cm³/mol. The van der Waals surface area contributed by atoms with Crippen molar-refractivity contribution in [1.29, 1.82) is 0 Å². The molecule has 0 spiro atoms. The highest BCUT2D eigenvalue weighted by atomic mass is 35.5. The zero-order valence-electron chi connectivity index (χ0n) is 13.0. The molecule has 0 aliphatic heterocycles. The van der Waals surface area contributed by atoms with Gasteiger partial charge in [0.2, 0.25) is 0 Å². The summed E-state index contributed by atoms with van der Waals surface area (Å²) in [6.45, 7) is 2.41. The van der Waals surface area contributed by atoms with Crippen LogP contribution < -0.4 is 4.72 Å². The number of hydrogen-bond donors (Lipinski definition) is 1. The monoisotopic (exact) mass is 361 g/mol. The van der Waals surface area contributed by atoms with Crippen molar-refractivity contribution in [1.82, 2.24) is 9.78 Å². The molecule has 0 fully saturated rings. The largest absolute Gasteiger partial charge is 0.276 e. The Balaban J connectivity index is 1.78. The van der Waals surface area contributed by atoms with Gasteiger partial charge in [-0.15, -0.1) is 0 Å². The number of benzene rings is 2. The number of rotatable bonds is 5. The van der Waals surface area contributed by atoms with Crippen LogP contribution >= 0.6 is 11.6 Å². The van der Waals surface area contributed by atoms with E-state index in [0.29, 0.717) is 12.2 Å². The molecule has 0 radical (unpaired) electrons. The number of halogens is 1. The van der Waals surface area contributed by atoms with Crippen LogP contribution in [0.4, 0.5) is 5.69 Å². The fourth-order valence-corrected chi connectivity index (χ4v) is 3.94. The van der Waals surface area contributed by atoms with Crippen LogP contribution in [-0.2, 0) is 16.6 Å². The quantitative estimate of drug-likeness (QED) is 0.753. The first kappa shape index (κ1) is 16.5. The molecule has 7 heteroatoms. The second kappa shape index (κ2) is 6.67. The third-order valence-corrected chi connectivity index (χ3v) is 5.31. The lowest BCUT2D eigenvalue weighted by Gasteiger charge is -2.08. The lowest BCUT2D eigenvalue weighted by molar-refractivity contribution is 0.601. The van der Waals surface area contributed by atoms with Gasteiger partial charge in [-0.1, -0.05) is 48.0 Å². The number of aromatic nitrogens is 2. The van der Waals surface area contributed by atoms with E-state index in [1.165, 1.54) is 12.3 Å². The number of nitrogens with zero attached hydrogens (tertiary/aromatic N) is 2. The van der Waals surface area contributed by atoms with E-state index in [0.717, 1.165) is 11.1 Å². The summed E-state index contributed by atoms with van der Waals surface area (Å²) in [4.78, 5) is 0.0468. The molecule has 1 N–H and O–H groups in total. The zero-order chi connectivity index (χ0) is 17.2. The molecule has 0 aliphatic carbocycles. The van der Waals surface area contributed by atoms with E-state index in [1.54, 1.807) is 23.0 Å². The Hall–Kier alpha value is -2.31. The summed E-state index contributed by atoms with van der Waals surface area (Å²) in [6.07, 6.45) is 3.12. The van der Waals surface area contributed by atoms with Crippen molar-refractivity contribution in [3.63, 3.8) is 0 Å². The van der Waals surface area contributed by atoms with E-state index < -0.39 is 10.0 Å². The van der Waals surface area contributed by atoms with Gasteiger partial charge in [0.05, 0.1) is 23.5 Å². The maximum absolute atomic E-state index is 12.5. The number of sulfonamides is 1. The van der Waals surface area contributed by atoms with Gasteiger partial charge in [0, 0.05) is 6.20 Å². The summed E-state index contributed by atoms with van der Waals surface area (Å²) in [7, 11) is -3.76. The first-order chi connectivity index (χ1) is 11.4. The Morgan fingerprint density at radius 1 is 1.17 bits per heavy atom. The zero-order valence-corrected chi connectivity index (χ0v) is 14.6. The molecule has 5 nitrogen and oxygen atoms in total. The molecule has 124 valence electrons. The van der Waals surface area contributed by atoms with Crippen LogP contribution in [0.15, 0.2) is 65.8 Å². The van der Waals surface area contributed by atoms with Gasteiger partial charge in [-0.3, -0.25) is 9.40 Å². The Morgan fingerprint density at radius 2 is 1.92 bits per heavy atom. The van der Waals surface area contributed by atoms with Crippen molar-refractivity contribution in [2.45, 2.75) is 18.4 Å². The first-order valence-electron chi connectivity index (χ1n) is 7.29. The molecule has 0 unspecified atom stereocenters. The molecule has 0 amide bonds. The number of hydrogen-bond acceptors (Lipinski definition) is 3. The Kier molecular flexibility index (Phi) is 4.59. The van der Waals surface area contributed by atoms with Gasteiger partial charge in [-0.2, -0.15) is 5.10 Å². The summed E-state index contributed by atoms with van der Waals surface area (Å²) in [5, 5.41) is 4.38. The highest BCUT2D eigenvalue weighted by Crippen LogP contribution is 2.24. The molecule has 0 bridgehead atoms. The minimum Gasteiger partial charge on any atom is -0.276 e. The molecule has 24 heavy (non-hydrogen) atoms. The molecule has 1 aromatic heterocycles.